The van der Waals surface area contributed by atoms with Gasteiger partial charge in [0.2, 0.25) is 0 Å². The summed E-state index contributed by atoms with van der Waals surface area (Å²) in [6.07, 6.45) is 5.30. The molecule has 1 saturated carbocycles. The Morgan fingerprint density at radius 3 is 2.67 bits per heavy atom. The van der Waals surface area contributed by atoms with Gasteiger partial charge in [0.15, 0.2) is 0 Å². The van der Waals surface area contributed by atoms with Crippen LogP contribution in [0.2, 0.25) is 0 Å². The van der Waals surface area contributed by atoms with Gasteiger partial charge in [-0.05, 0) is 26.2 Å². The molecule has 0 unspecified atom stereocenters. The summed E-state index contributed by atoms with van der Waals surface area (Å²) in [7, 11) is 0. The number of anilines is 1. The van der Waals surface area contributed by atoms with Crippen molar-refractivity contribution in [2.24, 2.45) is 0 Å². The maximum absolute atomic E-state index is 11.9. The first-order valence-corrected chi connectivity index (χ1v) is 6.73. The summed E-state index contributed by atoms with van der Waals surface area (Å²) in [5.41, 5.74) is 7.30. The van der Waals surface area contributed by atoms with Gasteiger partial charge < -0.3 is 10.5 Å². The second-order valence-corrected chi connectivity index (χ2v) is 4.66. The number of nitrogens with zero attached hydrogens (tertiary/aromatic N) is 2. The van der Waals surface area contributed by atoms with Gasteiger partial charge in [-0.1, -0.05) is 19.8 Å². The highest BCUT2D eigenvalue weighted by Crippen LogP contribution is 2.33. The van der Waals surface area contributed by atoms with Gasteiger partial charge in [0.1, 0.15) is 11.4 Å². The molecule has 1 heterocycles. The molecule has 0 radical (unpaired) electrons. The topological polar surface area (TPSA) is 70.1 Å². The predicted molar refractivity (Wildman–Crippen MR) is 69.5 cm³/mol. The van der Waals surface area contributed by atoms with Gasteiger partial charge in [-0.25, -0.2) is 9.48 Å². The molecule has 2 N–H and O–H groups in total. The van der Waals surface area contributed by atoms with Gasteiger partial charge >= 0.3 is 5.97 Å². The molecule has 0 aromatic carbocycles. The molecule has 5 heteroatoms. The van der Waals surface area contributed by atoms with Crippen molar-refractivity contribution in [2.75, 3.05) is 12.3 Å². The third-order valence-corrected chi connectivity index (χ3v) is 3.51. The zero-order valence-electron chi connectivity index (χ0n) is 11.1. The largest absolute Gasteiger partial charge is 0.462 e. The number of carbonyl (C=O) groups is 1. The van der Waals surface area contributed by atoms with Crippen molar-refractivity contribution < 1.29 is 9.53 Å². The van der Waals surface area contributed by atoms with Crippen LogP contribution in [0.25, 0.3) is 0 Å². The van der Waals surface area contributed by atoms with E-state index in [2.05, 4.69) is 5.10 Å². The zero-order chi connectivity index (χ0) is 13.1. The van der Waals surface area contributed by atoms with E-state index >= 15 is 0 Å². The molecule has 18 heavy (non-hydrogen) atoms. The van der Waals surface area contributed by atoms with E-state index in [4.69, 9.17) is 10.5 Å². The molecule has 1 aliphatic carbocycles. The maximum Gasteiger partial charge on any atom is 0.343 e. The number of aryl methyl sites for hydroxylation is 1. The number of rotatable bonds is 4. The van der Waals surface area contributed by atoms with Crippen LogP contribution in [-0.4, -0.2) is 22.4 Å². The van der Waals surface area contributed by atoms with Crippen molar-refractivity contribution in [3.63, 3.8) is 0 Å². The minimum Gasteiger partial charge on any atom is -0.462 e. The Labute approximate surface area is 107 Å². The van der Waals surface area contributed by atoms with Crippen molar-refractivity contribution in [1.29, 1.82) is 0 Å². The second-order valence-electron chi connectivity index (χ2n) is 4.66. The molecule has 1 aliphatic rings. The molecule has 0 amide bonds. The summed E-state index contributed by atoms with van der Waals surface area (Å²) in [4.78, 5) is 11.9. The average Bonchev–Trinajstić information content (AvgIpc) is 2.96. The van der Waals surface area contributed by atoms with E-state index in [-0.39, 0.29) is 5.97 Å². The van der Waals surface area contributed by atoms with Crippen LogP contribution in [0.1, 0.15) is 61.6 Å². The van der Waals surface area contributed by atoms with Crippen LogP contribution in [0.4, 0.5) is 5.82 Å². The van der Waals surface area contributed by atoms with Gasteiger partial charge in [-0.2, -0.15) is 5.10 Å². The Balaban J connectivity index is 2.35. The first-order chi connectivity index (χ1) is 8.69. The standard InChI is InChI=1S/C13H21N3O2/c1-3-10-11(13(17)18-4-2)12(14)16(15-10)9-7-5-6-8-9/h9H,3-8,14H2,1-2H3. The molecule has 5 nitrogen and oxygen atoms in total. The lowest BCUT2D eigenvalue weighted by Gasteiger charge is -2.11. The number of nitrogen functional groups attached to an aromatic ring is 1. The van der Waals surface area contributed by atoms with E-state index in [1.54, 1.807) is 6.92 Å². The van der Waals surface area contributed by atoms with Crippen LogP contribution in [-0.2, 0) is 11.2 Å². The third-order valence-electron chi connectivity index (χ3n) is 3.51. The number of esters is 1. The minimum absolute atomic E-state index is 0.346. The van der Waals surface area contributed by atoms with Gasteiger partial charge in [0, 0.05) is 0 Å². The molecule has 1 aromatic heterocycles. The van der Waals surface area contributed by atoms with Crippen LogP contribution in [0.5, 0.6) is 0 Å². The fourth-order valence-corrected chi connectivity index (χ4v) is 2.60. The lowest BCUT2D eigenvalue weighted by Crippen LogP contribution is -2.12. The highest BCUT2D eigenvalue weighted by atomic mass is 16.5. The van der Waals surface area contributed by atoms with E-state index in [0.717, 1.165) is 18.5 Å². The van der Waals surface area contributed by atoms with Gasteiger partial charge in [-0.15, -0.1) is 0 Å². The zero-order valence-corrected chi connectivity index (χ0v) is 11.1. The molecule has 0 bridgehead atoms. The van der Waals surface area contributed by atoms with Gasteiger partial charge in [-0.3, -0.25) is 0 Å². The van der Waals surface area contributed by atoms with Crippen LogP contribution in [0, 0.1) is 0 Å². The summed E-state index contributed by atoms with van der Waals surface area (Å²) in [5, 5.41) is 4.50. The Morgan fingerprint density at radius 1 is 1.44 bits per heavy atom. The monoisotopic (exact) mass is 251 g/mol. The lowest BCUT2D eigenvalue weighted by atomic mass is 10.2. The summed E-state index contributed by atoms with van der Waals surface area (Å²) < 4.78 is 6.89. The maximum atomic E-state index is 11.9. The Kier molecular flexibility index (Phi) is 3.89. The molecular formula is C13H21N3O2. The van der Waals surface area contributed by atoms with Crippen molar-refractivity contribution >= 4 is 11.8 Å². The Morgan fingerprint density at radius 2 is 2.11 bits per heavy atom. The summed E-state index contributed by atoms with van der Waals surface area (Å²) in [6.45, 7) is 4.13. The molecule has 1 fully saturated rings. The highest BCUT2D eigenvalue weighted by molar-refractivity contribution is 5.95. The number of nitrogens with two attached hydrogens (primary N) is 1. The average molecular weight is 251 g/mol. The van der Waals surface area contributed by atoms with Crippen molar-refractivity contribution in [3.05, 3.63) is 11.3 Å². The Hall–Kier alpha value is -1.52. The third kappa shape index (κ3) is 2.21. The lowest BCUT2D eigenvalue weighted by molar-refractivity contribution is 0.0526. The van der Waals surface area contributed by atoms with E-state index in [9.17, 15) is 4.79 Å². The first kappa shape index (κ1) is 12.9. The SMILES string of the molecule is CCOC(=O)c1c(CC)nn(C2CCCC2)c1N. The smallest absolute Gasteiger partial charge is 0.343 e. The first-order valence-electron chi connectivity index (χ1n) is 6.73. The second kappa shape index (κ2) is 5.42. The van der Waals surface area contributed by atoms with Crippen molar-refractivity contribution in [1.82, 2.24) is 9.78 Å². The molecule has 0 spiro atoms. The Bertz CT molecular complexity index is 434. The van der Waals surface area contributed by atoms with Crippen LogP contribution < -0.4 is 5.73 Å². The number of hydrogen-bond donors (Lipinski definition) is 1. The van der Waals surface area contributed by atoms with Gasteiger partial charge in [0.25, 0.3) is 0 Å². The highest BCUT2D eigenvalue weighted by Gasteiger charge is 2.27. The molecule has 100 valence electrons. The van der Waals surface area contributed by atoms with Gasteiger partial charge in [0.05, 0.1) is 18.3 Å². The van der Waals surface area contributed by atoms with E-state index < -0.39 is 0 Å². The quantitative estimate of drug-likeness (QED) is 0.834. The molecule has 0 atom stereocenters. The molecule has 0 aliphatic heterocycles. The number of carbonyl (C=O) groups excluding carboxylic acids is 1. The predicted octanol–water partition coefficient (Wildman–Crippen LogP) is 2.32. The minimum atomic E-state index is -0.351. The molecular weight excluding hydrogens is 230 g/mol. The number of ether oxygens (including phenoxy) is 1. The van der Waals surface area contributed by atoms with Crippen LogP contribution in [0.15, 0.2) is 0 Å². The van der Waals surface area contributed by atoms with E-state index in [1.165, 1.54) is 12.8 Å². The molecule has 0 saturated heterocycles. The normalized spacial score (nSPS) is 16.1. The molecule has 1 aromatic rings. The van der Waals surface area contributed by atoms with Crippen LogP contribution in [0.3, 0.4) is 0 Å². The summed E-state index contributed by atoms with van der Waals surface area (Å²) in [5.74, 6) is 0.119. The fourth-order valence-electron chi connectivity index (χ4n) is 2.60. The van der Waals surface area contributed by atoms with Crippen molar-refractivity contribution in [3.8, 4) is 0 Å². The number of hydrogen-bond acceptors (Lipinski definition) is 4. The molecule has 2 rings (SSSR count). The van der Waals surface area contributed by atoms with Crippen LogP contribution >= 0.6 is 0 Å². The van der Waals surface area contributed by atoms with Crippen molar-refractivity contribution in [2.45, 2.75) is 52.0 Å². The number of aromatic nitrogens is 2. The fraction of sp³-hybridized carbons (Fsp3) is 0.692. The summed E-state index contributed by atoms with van der Waals surface area (Å²) >= 11 is 0. The summed E-state index contributed by atoms with van der Waals surface area (Å²) in [6, 6.07) is 0.346. The van der Waals surface area contributed by atoms with E-state index in [1.807, 2.05) is 11.6 Å². The van der Waals surface area contributed by atoms with E-state index in [0.29, 0.717) is 30.5 Å².